The summed E-state index contributed by atoms with van der Waals surface area (Å²) in [4.78, 5) is 0.356. The van der Waals surface area contributed by atoms with E-state index >= 15 is 0 Å². The van der Waals surface area contributed by atoms with Gasteiger partial charge in [0.25, 0.3) is 0 Å². The molecule has 0 bridgehead atoms. The van der Waals surface area contributed by atoms with Crippen molar-refractivity contribution in [3.63, 3.8) is 0 Å². The summed E-state index contributed by atoms with van der Waals surface area (Å²) in [5.74, 6) is 0. The van der Waals surface area contributed by atoms with E-state index in [1.807, 2.05) is 26.8 Å². The van der Waals surface area contributed by atoms with Crippen LogP contribution >= 0.6 is 0 Å². The fourth-order valence-corrected chi connectivity index (χ4v) is 4.82. The third-order valence-electron chi connectivity index (χ3n) is 4.09. The summed E-state index contributed by atoms with van der Waals surface area (Å²) in [6, 6.07) is 1.83. The van der Waals surface area contributed by atoms with Crippen LogP contribution in [0.15, 0.2) is 11.0 Å². The molecule has 1 atom stereocenters. The van der Waals surface area contributed by atoms with E-state index < -0.39 is 10.0 Å². The highest BCUT2D eigenvalue weighted by Gasteiger charge is 2.31. The van der Waals surface area contributed by atoms with E-state index in [2.05, 4.69) is 0 Å². The Morgan fingerprint density at radius 3 is 2.62 bits per heavy atom. The van der Waals surface area contributed by atoms with Gasteiger partial charge in [-0.1, -0.05) is 0 Å². The van der Waals surface area contributed by atoms with E-state index in [0.717, 1.165) is 11.1 Å². The Kier molecular flexibility index (Phi) is 4.60. The average molecular weight is 312 g/mol. The summed E-state index contributed by atoms with van der Waals surface area (Å²) < 4.78 is 33.2. The van der Waals surface area contributed by atoms with Gasteiger partial charge in [0.2, 0.25) is 10.0 Å². The Morgan fingerprint density at radius 2 is 1.95 bits per heavy atom. The zero-order chi connectivity index (χ0) is 15.8. The second-order valence-corrected chi connectivity index (χ2v) is 7.63. The lowest BCUT2D eigenvalue weighted by Crippen LogP contribution is -2.36. The number of nitrogens with two attached hydrogens (primary N) is 1. The number of sulfonamides is 1. The molecule has 0 radical (unpaired) electrons. The van der Waals surface area contributed by atoms with Crippen LogP contribution in [0.2, 0.25) is 0 Å². The molecule has 0 aromatic heterocycles. The molecule has 0 amide bonds. The Morgan fingerprint density at radius 1 is 1.29 bits per heavy atom. The number of ether oxygens (including phenoxy) is 1. The molecular formula is C15H24N2O3S. The monoisotopic (exact) mass is 312 g/mol. The van der Waals surface area contributed by atoms with Gasteiger partial charge in [0.15, 0.2) is 0 Å². The van der Waals surface area contributed by atoms with E-state index in [0.29, 0.717) is 42.3 Å². The summed E-state index contributed by atoms with van der Waals surface area (Å²) in [6.07, 6.45) is 0.619. The maximum Gasteiger partial charge on any atom is 0.243 e. The van der Waals surface area contributed by atoms with Gasteiger partial charge in [-0.05, 0) is 56.9 Å². The molecule has 1 unspecified atom stereocenters. The van der Waals surface area contributed by atoms with E-state index in [9.17, 15) is 8.42 Å². The van der Waals surface area contributed by atoms with E-state index in [-0.39, 0.29) is 6.10 Å². The van der Waals surface area contributed by atoms with Gasteiger partial charge < -0.3 is 10.5 Å². The number of hydrogen-bond donors (Lipinski definition) is 1. The first-order valence-electron chi connectivity index (χ1n) is 7.23. The first kappa shape index (κ1) is 16.3. The number of hydrogen-bond acceptors (Lipinski definition) is 4. The van der Waals surface area contributed by atoms with Crippen molar-refractivity contribution >= 4 is 15.7 Å². The lowest BCUT2D eigenvalue weighted by molar-refractivity contribution is 0.0752. The molecule has 0 spiro atoms. The van der Waals surface area contributed by atoms with Crippen molar-refractivity contribution in [2.24, 2.45) is 0 Å². The van der Waals surface area contributed by atoms with Crippen molar-refractivity contribution in [2.45, 2.75) is 45.1 Å². The van der Waals surface area contributed by atoms with E-state index in [4.69, 9.17) is 10.5 Å². The largest absolute Gasteiger partial charge is 0.398 e. The molecule has 2 N–H and O–H groups in total. The number of rotatable bonds is 2. The predicted molar refractivity (Wildman–Crippen MR) is 83.9 cm³/mol. The average Bonchev–Trinajstić information content (AvgIpc) is 2.61. The molecule has 1 aliphatic heterocycles. The van der Waals surface area contributed by atoms with E-state index in [1.54, 1.807) is 6.92 Å². The van der Waals surface area contributed by atoms with Gasteiger partial charge in [0, 0.05) is 25.4 Å². The Labute approximate surface area is 127 Å². The summed E-state index contributed by atoms with van der Waals surface area (Å²) >= 11 is 0. The van der Waals surface area contributed by atoms with E-state index in [1.165, 1.54) is 4.31 Å². The highest BCUT2D eigenvalue weighted by Crippen LogP contribution is 2.30. The van der Waals surface area contributed by atoms with Crippen LogP contribution in [0.3, 0.4) is 0 Å². The van der Waals surface area contributed by atoms with Crippen LogP contribution in [0.1, 0.15) is 30.0 Å². The van der Waals surface area contributed by atoms with Crippen LogP contribution in [0, 0.1) is 20.8 Å². The highest BCUT2D eigenvalue weighted by molar-refractivity contribution is 7.89. The minimum atomic E-state index is -3.55. The van der Waals surface area contributed by atoms with Crippen molar-refractivity contribution in [1.82, 2.24) is 4.31 Å². The summed E-state index contributed by atoms with van der Waals surface area (Å²) in [5.41, 5.74) is 8.80. The quantitative estimate of drug-likeness (QED) is 0.848. The lowest BCUT2D eigenvalue weighted by atomic mass is 10.1. The van der Waals surface area contributed by atoms with Crippen molar-refractivity contribution in [3.8, 4) is 0 Å². The van der Waals surface area contributed by atoms with Gasteiger partial charge in [-0.25, -0.2) is 8.42 Å². The van der Waals surface area contributed by atoms with Crippen molar-refractivity contribution in [3.05, 3.63) is 22.8 Å². The lowest BCUT2D eigenvalue weighted by Gasteiger charge is -2.25. The summed E-state index contributed by atoms with van der Waals surface area (Å²) in [6.45, 7) is 8.87. The molecule has 1 aliphatic rings. The Hall–Kier alpha value is -1.11. The molecule has 0 saturated carbocycles. The molecule has 1 heterocycles. The van der Waals surface area contributed by atoms with Crippen molar-refractivity contribution in [1.29, 1.82) is 0 Å². The molecule has 1 saturated heterocycles. The number of benzene rings is 1. The number of nitrogen functional groups attached to an aromatic ring is 1. The number of nitrogens with zero attached hydrogens (tertiary/aromatic N) is 1. The van der Waals surface area contributed by atoms with Crippen LogP contribution in [0.25, 0.3) is 0 Å². The first-order valence-corrected chi connectivity index (χ1v) is 8.67. The van der Waals surface area contributed by atoms with Crippen LogP contribution in [-0.4, -0.2) is 38.5 Å². The van der Waals surface area contributed by atoms with Crippen LogP contribution in [-0.2, 0) is 14.8 Å². The minimum Gasteiger partial charge on any atom is -0.398 e. The van der Waals surface area contributed by atoms with Crippen molar-refractivity contribution in [2.75, 3.05) is 25.4 Å². The SMILES string of the molecule is Cc1cc(N)c(C)c(S(=O)(=O)N2CCCOC(C)C2)c1C. The number of aryl methyl sites for hydroxylation is 1. The Balaban J connectivity index is 2.54. The Bertz CT molecular complexity index is 615. The summed E-state index contributed by atoms with van der Waals surface area (Å²) in [7, 11) is -3.55. The molecule has 1 aromatic rings. The number of anilines is 1. The molecule has 21 heavy (non-hydrogen) atoms. The van der Waals surface area contributed by atoms with Gasteiger partial charge in [-0.2, -0.15) is 4.31 Å². The smallest absolute Gasteiger partial charge is 0.243 e. The molecule has 5 nitrogen and oxygen atoms in total. The van der Waals surface area contributed by atoms with Gasteiger partial charge >= 0.3 is 0 Å². The standard InChI is InChI=1S/C15H24N2O3S/c1-10-8-14(16)13(4)15(12(10)3)21(18,19)17-6-5-7-20-11(2)9-17/h8,11H,5-7,9,16H2,1-4H3. The normalized spacial score (nSPS) is 21.2. The maximum atomic E-state index is 13.0. The van der Waals surface area contributed by atoms with Gasteiger partial charge in [-0.3, -0.25) is 0 Å². The van der Waals surface area contributed by atoms with Crippen LogP contribution in [0.5, 0.6) is 0 Å². The summed E-state index contributed by atoms with van der Waals surface area (Å²) in [5, 5.41) is 0. The predicted octanol–water partition coefficient (Wildman–Crippen LogP) is 1.99. The fraction of sp³-hybridized carbons (Fsp3) is 0.600. The molecule has 6 heteroatoms. The van der Waals surface area contributed by atoms with Gasteiger partial charge in [0.1, 0.15) is 0 Å². The zero-order valence-electron chi connectivity index (χ0n) is 13.1. The van der Waals surface area contributed by atoms with Crippen LogP contribution < -0.4 is 5.73 Å². The third kappa shape index (κ3) is 3.07. The third-order valence-corrected chi connectivity index (χ3v) is 6.23. The molecule has 0 aliphatic carbocycles. The second kappa shape index (κ2) is 5.94. The maximum absolute atomic E-state index is 13.0. The molecule has 2 rings (SSSR count). The highest BCUT2D eigenvalue weighted by atomic mass is 32.2. The zero-order valence-corrected chi connectivity index (χ0v) is 14.0. The van der Waals surface area contributed by atoms with Gasteiger partial charge in [-0.15, -0.1) is 0 Å². The van der Waals surface area contributed by atoms with Crippen molar-refractivity contribution < 1.29 is 13.2 Å². The van der Waals surface area contributed by atoms with Gasteiger partial charge in [0.05, 0.1) is 11.0 Å². The molecule has 1 aromatic carbocycles. The minimum absolute atomic E-state index is 0.0926. The first-order chi connectivity index (χ1) is 9.75. The fourth-order valence-electron chi connectivity index (χ4n) is 2.73. The topological polar surface area (TPSA) is 72.6 Å². The molecule has 118 valence electrons. The van der Waals surface area contributed by atoms with Crippen LogP contribution in [0.4, 0.5) is 5.69 Å². The molecular weight excluding hydrogens is 288 g/mol. The molecule has 1 fully saturated rings. The second-order valence-electron chi connectivity index (χ2n) is 5.76.